The van der Waals surface area contributed by atoms with E-state index in [9.17, 15) is 9.59 Å². The highest BCUT2D eigenvalue weighted by Gasteiger charge is 2.36. The van der Waals surface area contributed by atoms with Gasteiger partial charge in [-0.15, -0.1) is 5.06 Å². The van der Waals surface area contributed by atoms with Gasteiger partial charge in [-0.2, -0.15) is 0 Å². The van der Waals surface area contributed by atoms with E-state index in [1.165, 1.54) is 0 Å². The second kappa shape index (κ2) is 5.47. The average Bonchev–Trinajstić information content (AvgIpc) is 2.78. The summed E-state index contributed by atoms with van der Waals surface area (Å²) < 4.78 is 0. The van der Waals surface area contributed by atoms with Gasteiger partial charge >= 0.3 is 0 Å². The minimum Gasteiger partial charge on any atom is -0.322 e. The highest BCUT2D eigenvalue weighted by atomic mass is 16.7. The number of amides is 2. The fourth-order valence-electron chi connectivity index (χ4n) is 2.24. The molecule has 1 unspecified atom stereocenters. The molecule has 3 rings (SSSR count). The molecule has 0 aliphatic carbocycles. The van der Waals surface area contributed by atoms with Crippen LogP contribution in [0.5, 0.6) is 0 Å². The van der Waals surface area contributed by atoms with Crippen molar-refractivity contribution in [3.8, 4) is 0 Å². The number of carbonyl (C=O) groups is 2. The number of imide groups is 1. The molecule has 0 bridgehead atoms. The molecule has 0 spiro atoms. The fourth-order valence-corrected chi connectivity index (χ4v) is 2.24. The lowest BCUT2D eigenvalue weighted by molar-refractivity contribution is -0.0956. The Bertz CT molecular complexity index is 650. The van der Waals surface area contributed by atoms with Gasteiger partial charge in [-0.05, 0) is 17.7 Å². The van der Waals surface area contributed by atoms with E-state index >= 15 is 0 Å². The lowest BCUT2D eigenvalue weighted by Crippen LogP contribution is -2.33. The second-order valence-electron chi connectivity index (χ2n) is 4.76. The summed E-state index contributed by atoms with van der Waals surface area (Å²) in [5.74, 6) is -0.897. The molecule has 1 aliphatic heterocycles. The molecule has 2 aromatic carbocycles. The van der Waals surface area contributed by atoms with Crippen molar-refractivity contribution in [3.05, 3.63) is 71.3 Å². The minimum absolute atomic E-state index is 0.0511. The van der Waals surface area contributed by atoms with Crippen molar-refractivity contribution < 1.29 is 14.4 Å². The van der Waals surface area contributed by atoms with E-state index in [-0.39, 0.29) is 6.61 Å². The van der Waals surface area contributed by atoms with Crippen LogP contribution in [0, 0.1) is 0 Å². The van der Waals surface area contributed by atoms with Gasteiger partial charge in [0, 0.05) is 0 Å². The number of benzene rings is 2. The Morgan fingerprint density at radius 2 is 1.43 bits per heavy atom. The van der Waals surface area contributed by atoms with Gasteiger partial charge in [-0.3, -0.25) is 14.4 Å². The van der Waals surface area contributed by atoms with Crippen LogP contribution in [0.1, 0.15) is 32.3 Å². The predicted octanol–water partition coefficient (Wildman–Crippen LogP) is 1.91. The molecule has 2 aromatic rings. The number of nitrogens with two attached hydrogens (primary N) is 1. The Kier molecular flexibility index (Phi) is 3.51. The van der Waals surface area contributed by atoms with E-state index in [0.717, 1.165) is 10.6 Å². The van der Waals surface area contributed by atoms with Gasteiger partial charge in [0.1, 0.15) is 0 Å². The lowest BCUT2D eigenvalue weighted by atomic mass is 10.1. The maximum absolute atomic E-state index is 12.1. The molecule has 21 heavy (non-hydrogen) atoms. The smallest absolute Gasteiger partial charge is 0.285 e. The molecule has 0 aromatic heterocycles. The first-order valence-corrected chi connectivity index (χ1v) is 6.60. The fraction of sp³-hybridized carbons (Fsp3) is 0.125. The van der Waals surface area contributed by atoms with E-state index in [0.29, 0.717) is 11.1 Å². The van der Waals surface area contributed by atoms with Crippen LogP contribution in [0.25, 0.3) is 0 Å². The van der Waals surface area contributed by atoms with Crippen LogP contribution < -0.4 is 5.73 Å². The number of rotatable bonds is 4. The highest BCUT2D eigenvalue weighted by molar-refractivity contribution is 6.20. The van der Waals surface area contributed by atoms with Gasteiger partial charge in [0.15, 0.2) is 0 Å². The van der Waals surface area contributed by atoms with Crippen LogP contribution in [0.15, 0.2) is 54.6 Å². The zero-order valence-corrected chi connectivity index (χ0v) is 11.2. The van der Waals surface area contributed by atoms with Gasteiger partial charge < -0.3 is 5.73 Å². The van der Waals surface area contributed by atoms with Gasteiger partial charge in [-0.25, -0.2) is 0 Å². The Balaban J connectivity index is 1.70. The molecule has 0 fully saturated rings. The number of nitrogens with zero attached hydrogens (tertiary/aromatic N) is 1. The minimum atomic E-state index is -0.448. The zero-order valence-electron chi connectivity index (χ0n) is 11.2. The first-order valence-electron chi connectivity index (χ1n) is 6.60. The third kappa shape index (κ3) is 2.44. The lowest BCUT2D eigenvalue weighted by Gasteiger charge is -2.17. The van der Waals surface area contributed by atoms with Gasteiger partial charge in [0.25, 0.3) is 11.8 Å². The van der Waals surface area contributed by atoms with Crippen molar-refractivity contribution in [2.75, 3.05) is 6.61 Å². The van der Waals surface area contributed by atoms with Crippen molar-refractivity contribution >= 4 is 11.8 Å². The van der Waals surface area contributed by atoms with Crippen molar-refractivity contribution in [2.45, 2.75) is 6.04 Å². The maximum Gasteiger partial charge on any atom is 0.285 e. The molecule has 5 heteroatoms. The van der Waals surface area contributed by atoms with Crippen molar-refractivity contribution in [2.24, 2.45) is 5.73 Å². The summed E-state index contributed by atoms with van der Waals surface area (Å²) in [7, 11) is 0. The molecular formula is C16H14N2O3. The second-order valence-corrected chi connectivity index (χ2v) is 4.76. The van der Waals surface area contributed by atoms with E-state index in [1.807, 2.05) is 30.3 Å². The van der Waals surface area contributed by atoms with Crippen LogP contribution in [0.4, 0.5) is 0 Å². The van der Waals surface area contributed by atoms with Gasteiger partial charge in [0.2, 0.25) is 0 Å². The van der Waals surface area contributed by atoms with E-state index in [1.54, 1.807) is 24.3 Å². The molecule has 0 saturated carbocycles. The summed E-state index contributed by atoms with van der Waals surface area (Å²) in [6, 6.07) is 15.6. The molecule has 106 valence electrons. The van der Waals surface area contributed by atoms with Crippen LogP contribution in [-0.4, -0.2) is 23.5 Å². The highest BCUT2D eigenvalue weighted by Crippen LogP contribution is 2.23. The Morgan fingerprint density at radius 3 is 2.00 bits per heavy atom. The van der Waals surface area contributed by atoms with Crippen LogP contribution >= 0.6 is 0 Å². The zero-order chi connectivity index (χ0) is 14.8. The van der Waals surface area contributed by atoms with Crippen molar-refractivity contribution in [1.82, 2.24) is 5.06 Å². The normalized spacial score (nSPS) is 15.2. The van der Waals surface area contributed by atoms with Crippen molar-refractivity contribution in [1.29, 1.82) is 0 Å². The van der Waals surface area contributed by atoms with Gasteiger partial charge in [0.05, 0.1) is 23.8 Å². The SMILES string of the molecule is NC(CON1C(=O)c2ccccc2C1=O)c1ccccc1. The molecule has 0 saturated heterocycles. The third-order valence-electron chi connectivity index (χ3n) is 3.37. The van der Waals surface area contributed by atoms with Crippen molar-refractivity contribution in [3.63, 3.8) is 0 Å². The molecule has 0 radical (unpaired) electrons. The summed E-state index contributed by atoms with van der Waals surface area (Å²) >= 11 is 0. The Hall–Kier alpha value is -2.50. The Labute approximate surface area is 121 Å². The quantitative estimate of drug-likeness (QED) is 0.869. The van der Waals surface area contributed by atoms with Crippen LogP contribution in [0.3, 0.4) is 0 Å². The van der Waals surface area contributed by atoms with E-state index in [2.05, 4.69) is 0 Å². The first kappa shape index (κ1) is 13.5. The first-order chi connectivity index (χ1) is 10.2. The number of fused-ring (bicyclic) bond motifs is 1. The summed E-state index contributed by atoms with van der Waals surface area (Å²) in [4.78, 5) is 29.5. The molecule has 1 heterocycles. The molecule has 1 aliphatic rings. The topological polar surface area (TPSA) is 72.6 Å². The molecule has 5 nitrogen and oxygen atoms in total. The molecule has 2 amide bonds. The largest absolute Gasteiger partial charge is 0.322 e. The summed E-state index contributed by atoms with van der Waals surface area (Å²) in [6.07, 6.45) is 0. The predicted molar refractivity (Wildman–Crippen MR) is 76.3 cm³/mol. The number of hydrogen-bond acceptors (Lipinski definition) is 4. The van der Waals surface area contributed by atoms with Crippen LogP contribution in [-0.2, 0) is 4.84 Å². The maximum atomic E-state index is 12.1. The number of hydroxylamine groups is 2. The molecule has 1 atom stereocenters. The summed E-state index contributed by atoms with van der Waals surface area (Å²) in [6.45, 7) is 0.0511. The standard InChI is InChI=1S/C16H14N2O3/c17-14(11-6-2-1-3-7-11)10-21-18-15(19)12-8-4-5-9-13(12)16(18)20/h1-9,14H,10,17H2. The molecule has 2 N–H and O–H groups in total. The van der Waals surface area contributed by atoms with Crippen LogP contribution in [0.2, 0.25) is 0 Å². The number of carbonyl (C=O) groups excluding carboxylic acids is 2. The van der Waals surface area contributed by atoms with E-state index < -0.39 is 17.9 Å². The summed E-state index contributed by atoms with van der Waals surface area (Å²) in [5.41, 5.74) is 7.59. The van der Waals surface area contributed by atoms with E-state index in [4.69, 9.17) is 10.6 Å². The summed E-state index contributed by atoms with van der Waals surface area (Å²) in [5, 5.41) is 0.785. The third-order valence-corrected chi connectivity index (χ3v) is 3.37. The average molecular weight is 282 g/mol. The monoisotopic (exact) mass is 282 g/mol. The Morgan fingerprint density at radius 1 is 0.905 bits per heavy atom. The van der Waals surface area contributed by atoms with Gasteiger partial charge in [-0.1, -0.05) is 42.5 Å². The number of hydrogen-bond donors (Lipinski definition) is 1. The molecular weight excluding hydrogens is 268 g/mol.